The molecule has 1 N–H and O–H groups in total. The molecule has 0 radical (unpaired) electrons. The molecule has 1 heterocycles. The average Bonchev–Trinajstić information content (AvgIpc) is 3.23. The fourth-order valence-corrected chi connectivity index (χ4v) is 6.31. The van der Waals surface area contributed by atoms with Gasteiger partial charge < -0.3 is 9.30 Å². The third kappa shape index (κ3) is 6.75. The molecule has 0 aliphatic rings. The Kier molecular flexibility index (Phi) is 9.00. The molecule has 0 unspecified atom stereocenters. The van der Waals surface area contributed by atoms with Gasteiger partial charge in [0.05, 0.1) is 28.8 Å². The highest BCUT2D eigenvalue weighted by atomic mass is 32.2. The van der Waals surface area contributed by atoms with Gasteiger partial charge in [-0.2, -0.15) is 5.10 Å². The second kappa shape index (κ2) is 12.5. The van der Waals surface area contributed by atoms with Gasteiger partial charge in [-0.3, -0.25) is 19.2 Å². The number of nitro groups is 1. The predicted octanol–water partition coefficient (Wildman–Crippen LogP) is 5.28. The first kappa shape index (κ1) is 31.0. The molecule has 0 atom stereocenters. The number of amides is 1. The van der Waals surface area contributed by atoms with Gasteiger partial charge in [0.15, 0.2) is 0 Å². The quantitative estimate of drug-likeness (QED) is 0.149. The molecule has 0 aliphatic heterocycles. The minimum atomic E-state index is -4.39. The third-order valence-electron chi connectivity index (χ3n) is 6.94. The number of aryl methyl sites for hydroxylation is 4. The number of nitro benzene ring substituents is 1. The molecule has 4 aromatic rings. The Morgan fingerprint density at radius 2 is 1.65 bits per heavy atom. The van der Waals surface area contributed by atoms with Gasteiger partial charge in [-0.05, 0) is 94.3 Å². The normalized spacial score (nSPS) is 11.5. The van der Waals surface area contributed by atoms with Crippen LogP contribution in [0.2, 0.25) is 0 Å². The van der Waals surface area contributed by atoms with Crippen LogP contribution in [0.1, 0.15) is 33.6 Å². The van der Waals surface area contributed by atoms with Crippen molar-refractivity contribution < 1.29 is 22.9 Å². The molecule has 43 heavy (non-hydrogen) atoms. The molecule has 1 amide bonds. The summed E-state index contributed by atoms with van der Waals surface area (Å²) in [6, 6.07) is 17.9. The number of anilines is 1. The summed E-state index contributed by atoms with van der Waals surface area (Å²) < 4.78 is 35.6. The Morgan fingerprint density at radius 3 is 2.26 bits per heavy atom. The van der Waals surface area contributed by atoms with Crippen molar-refractivity contribution in [1.82, 2.24) is 9.99 Å². The molecule has 0 saturated heterocycles. The van der Waals surface area contributed by atoms with Crippen molar-refractivity contribution >= 4 is 33.5 Å². The second-order valence-electron chi connectivity index (χ2n) is 10.2. The molecule has 0 spiro atoms. The molecule has 11 nitrogen and oxygen atoms in total. The summed E-state index contributed by atoms with van der Waals surface area (Å²) in [5.74, 6) is -0.222. The lowest BCUT2D eigenvalue weighted by molar-refractivity contribution is -0.385. The highest BCUT2D eigenvalue weighted by Crippen LogP contribution is 2.29. The molecular weight excluding hydrogens is 570 g/mol. The van der Waals surface area contributed by atoms with Crippen LogP contribution >= 0.6 is 0 Å². The van der Waals surface area contributed by atoms with E-state index < -0.39 is 27.4 Å². The molecule has 0 saturated carbocycles. The Morgan fingerprint density at radius 1 is 1.00 bits per heavy atom. The van der Waals surface area contributed by atoms with E-state index in [1.54, 1.807) is 12.1 Å². The van der Waals surface area contributed by atoms with Crippen LogP contribution in [0.3, 0.4) is 0 Å². The molecule has 0 aliphatic carbocycles. The number of hydrazone groups is 1. The third-order valence-corrected chi connectivity index (χ3v) is 8.71. The number of nitrogens with one attached hydrogen (secondary N) is 1. The van der Waals surface area contributed by atoms with E-state index in [9.17, 15) is 23.3 Å². The maximum Gasteiger partial charge on any atom is 0.273 e. The first-order valence-corrected chi connectivity index (χ1v) is 14.8. The molecule has 3 aromatic carbocycles. The summed E-state index contributed by atoms with van der Waals surface area (Å²) in [6.07, 6.45) is 1.51. The highest BCUT2D eigenvalue weighted by Gasteiger charge is 2.29. The van der Waals surface area contributed by atoms with Crippen LogP contribution in [0.25, 0.3) is 5.69 Å². The van der Waals surface area contributed by atoms with E-state index >= 15 is 0 Å². The summed E-state index contributed by atoms with van der Waals surface area (Å²) in [5, 5.41) is 15.6. The monoisotopic (exact) mass is 603 g/mol. The zero-order valence-corrected chi connectivity index (χ0v) is 25.6. The van der Waals surface area contributed by atoms with Crippen LogP contribution in [-0.2, 0) is 14.8 Å². The van der Waals surface area contributed by atoms with Crippen molar-refractivity contribution in [2.24, 2.45) is 5.10 Å². The predicted molar refractivity (Wildman–Crippen MR) is 166 cm³/mol. The Labute approximate surface area is 250 Å². The van der Waals surface area contributed by atoms with Gasteiger partial charge in [0.2, 0.25) is 0 Å². The number of hydrogen-bond donors (Lipinski definition) is 1. The SMILES string of the molecule is COc1ccc(N(CC(=O)N/N=C\c2cc(C)n(-c3cc(C)cc(C)c3)c2C)S(=O)(=O)c2ccc(C)c([N+](=O)[O-])c2)cc1. The van der Waals surface area contributed by atoms with E-state index in [-0.39, 0.29) is 16.3 Å². The number of carbonyl (C=O) groups is 1. The van der Waals surface area contributed by atoms with Crippen LogP contribution in [0.15, 0.2) is 76.7 Å². The summed E-state index contributed by atoms with van der Waals surface area (Å²) in [5.41, 5.74) is 8.53. The zero-order valence-electron chi connectivity index (χ0n) is 24.8. The number of rotatable bonds is 10. The highest BCUT2D eigenvalue weighted by molar-refractivity contribution is 7.92. The van der Waals surface area contributed by atoms with E-state index in [2.05, 4.69) is 33.3 Å². The van der Waals surface area contributed by atoms with Crippen molar-refractivity contribution in [2.75, 3.05) is 18.0 Å². The zero-order chi connectivity index (χ0) is 31.5. The van der Waals surface area contributed by atoms with Gasteiger partial charge in [0.1, 0.15) is 12.3 Å². The molecule has 224 valence electrons. The number of methoxy groups -OCH3 is 1. The number of aromatic nitrogens is 1. The maximum atomic E-state index is 13.7. The number of benzene rings is 3. The van der Waals surface area contributed by atoms with Crippen molar-refractivity contribution in [1.29, 1.82) is 0 Å². The Hall–Kier alpha value is -4.97. The number of hydrogen-bond acceptors (Lipinski definition) is 7. The second-order valence-corrected chi connectivity index (χ2v) is 12.1. The molecule has 0 bridgehead atoms. The van der Waals surface area contributed by atoms with E-state index in [1.165, 1.54) is 44.5 Å². The maximum absolute atomic E-state index is 13.7. The van der Waals surface area contributed by atoms with Crippen LogP contribution in [-0.4, -0.2) is 43.7 Å². The van der Waals surface area contributed by atoms with E-state index in [0.717, 1.165) is 44.1 Å². The minimum Gasteiger partial charge on any atom is -0.497 e. The van der Waals surface area contributed by atoms with Crippen molar-refractivity contribution in [3.8, 4) is 11.4 Å². The van der Waals surface area contributed by atoms with Gasteiger partial charge in [-0.15, -0.1) is 0 Å². The number of nitrogens with zero attached hydrogens (tertiary/aromatic N) is 4. The van der Waals surface area contributed by atoms with E-state index in [1.807, 2.05) is 33.8 Å². The lowest BCUT2D eigenvalue weighted by Crippen LogP contribution is -2.39. The minimum absolute atomic E-state index is 0.167. The van der Waals surface area contributed by atoms with E-state index in [4.69, 9.17) is 4.74 Å². The van der Waals surface area contributed by atoms with E-state index in [0.29, 0.717) is 11.3 Å². The summed E-state index contributed by atoms with van der Waals surface area (Å²) in [6.45, 7) is 8.89. The topological polar surface area (TPSA) is 136 Å². The molecule has 12 heteroatoms. The van der Waals surface area contributed by atoms with Crippen LogP contribution < -0.4 is 14.5 Å². The fraction of sp³-hybridized carbons (Fsp3) is 0.226. The fourth-order valence-electron chi connectivity index (χ4n) is 4.87. The largest absolute Gasteiger partial charge is 0.497 e. The van der Waals surface area contributed by atoms with Gasteiger partial charge in [0.25, 0.3) is 21.6 Å². The summed E-state index contributed by atoms with van der Waals surface area (Å²) in [4.78, 5) is 23.5. The summed E-state index contributed by atoms with van der Waals surface area (Å²) in [7, 11) is -2.92. The first-order chi connectivity index (χ1) is 20.3. The summed E-state index contributed by atoms with van der Waals surface area (Å²) >= 11 is 0. The standard InChI is InChI=1S/C31H33N5O6S/c1-20-13-21(2)15-27(14-20)35-23(4)16-25(24(35)5)18-32-33-31(37)19-34(26-8-10-28(42-6)11-9-26)43(40,41)29-12-7-22(3)30(17-29)36(38)39/h7-18H,19H2,1-6H3,(H,33,37)/b32-18-. The first-order valence-electron chi connectivity index (χ1n) is 13.3. The lowest BCUT2D eigenvalue weighted by atomic mass is 10.1. The number of carbonyl (C=O) groups excluding carboxylic acids is 1. The van der Waals surface area contributed by atoms with Gasteiger partial charge in [-0.1, -0.05) is 12.1 Å². The Balaban J connectivity index is 1.60. The van der Waals surface area contributed by atoms with Crippen LogP contribution in [0.4, 0.5) is 11.4 Å². The molecular formula is C31H33N5O6S. The van der Waals surface area contributed by atoms with Crippen molar-refractivity contribution in [2.45, 2.75) is 39.5 Å². The average molecular weight is 604 g/mol. The van der Waals surface area contributed by atoms with Gasteiger partial charge in [0, 0.05) is 34.3 Å². The van der Waals surface area contributed by atoms with Crippen molar-refractivity contribution in [3.63, 3.8) is 0 Å². The molecule has 1 aromatic heterocycles. The van der Waals surface area contributed by atoms with Gasteiger partial charge >= 0.3 is 0 Å². The smallest absolute Gasteiger partial charge is 0.273 e. The Bertz CT molecular complexity index is 1810. The van der Waals surface area contributed by atoms with Crippen molar-refractivity contribution in [3.05, 3.63) is 110 Å². The number of ether oxygens (including phenoxy) is 1. The van der Waals surface area contributed by atoms with Crippen LogP contribution in [0.5, 0.6) is 5.75 Å². The molecule has 4 rings (SSSR count). The lowest BCUT2D eigenvalue weighted by Gasteiger charge is -2.24. The van der Waals surface area contributed by atoms with Gasteiger partial charge in [-0.25, -0.2) is 13.8 Å². The number of sulfonamides is 1. The van der Waals surface area contributed by atoms with Crippen LogP contribution in [0, 0.1) is 44.7 Å². The molecule has 0 fully saturated rings.